The Kier molecular flexibility index (Phi) is 7.48. The second kappa shape index (κ2) is 13.0. The lowest BCUT2D eigenvalue weighted by atomic mass is 9.80. The molecule has 65 heavy (non-hydrogen) atoms. The van der Waals surface area contributed by atoms with Crippen LogP contribution in [0.15, 0.2) is 194 Å². The molecular weight excluding hydrogens is 797 g/mol. The van der Waals surface area contributed by atoms with Gasteiger partial charge in [-0.1, -0.05) is 198 Å². The van der Waals surface area contributed by atoms with Crippen LogP contribution in [0.25, 0.3) is 88.3 Å². The lowest BCUT2D eigenvalue weighted by Crippen LogP contribution is -2.57. The zero-order valence-electron chi connectivity index (χ0n) is 37.4. The van der Waals surface area contributed by atoms with Crippen molar-refractivity contribution in [3.63, 3.8) is 0 Å². The highest BCUT2D eigenvalue weighted by Crippen LogP contribution is 2.53. The first-order valence-electron chi connectivity index (χ1n) is 23.5. The Balaban J connectivity index is 1.02. The monoisotopic (exact) mass is 844 g/mol. The molecule has 2 aliphatic heterocycles. The Hall–Kier alpha value is -7.06. The van der Waals surface area contributed by atoms with Crippen molar-refractivity contribution >= 4 is 40.0 Å². The van der Waals surface area contributed by atoms with Crippen LogP contribution in [0.4, 0.5) is 0 Å². The molecule has 2 aliphatic carbocycles. The summed E-state index contributed by atoms with van der Waals surface area (Å²) in [5.41, 5.74) is 24.6. The summed E-state index contributed by atoms with van der Waals surface area (Å²) in [6.45, 7) is 9.53. The zero-order valence-corrected chi connectivity index (χ0v) is 38.4. The number of hydrogen-bond donors (Lipinski definition) is 0. The fraction of sp³-hybridized carbons (Fsp3) is 0.125. The summed E-state index contributed by atoms with van der Waals surface area (Å²) in [7, 11) is -2.03. The number of rotatable bonds is 3. The van der Waals surface area contributed by atoms with Crippen molar-refractivity contribution in [3.05, 3.63) is 228 Å². The van der Waals surface area contributed by atoms with Gasteiger partial charge >= 0.3 is 0 Å². The topological polar surface area (TPSA) is 0 Å². The average molecular weight is 845 g/mol. The molecule has 0 unspecified atom stereocenters. The molecule has 10 aromatic carbocycles. The van der Waals surface area contributed by atoms with Gasteiger partial charge in [-0.05, 0) is 168 Å². The van der Waals surface area contributed by atoms with Gasteiger partial charge in [0.25, 0.3) is 0 Å². The van der Waals surface area contributed by atoms with Gasteiger partial charge in [0.1, 0.15) is 8.07 Å². The molecule has 0 radical (unpaired) electrons. The van der Waals surface area contributed by atoms with Gasteiger partial charge in [-0.3, -0.25) is 0 Å². The van der Waals surface area contributed by atoms with Gasteiger partial charge in [0, 0.05) is 10.8 Å². The van der Waals surface area contributed by atoms with E-state index in [1.54, 1.807) is 21.5 Å². The molecule has 0 saturated carbocycles. The van der Waals surface area contributed by atoms with E-state index in [2.05, 4.69) is 222 Å². The first kappa shape index (κ1) is 37.3. The summed E-state index contributed by atoms with van der Waals surface area (Å²) in [5, 5.41) is 8.40. The van der Waals surface area contributed by atoms with E-state index in [4.69, 9.17) is 0 Å². The predicted molar refractivity (Wildman–Crippen MR) is 277 cm³/mol. The molecule has 14 rings (SSSR count). The lowest BCUT2D eigenvalue weighted by molar-refractivity contribution is 0.660. The molecule has 308 valence electrons. The normalized spacial score (nSPS) is 15.9. The molecule has 0 atom stereocenters. The minimum Gasteiger partial charge on any atom is -0.0623 e. The van der Waals surface area contributed by atoms with E-state index >= 15 is 0 Å². The second-order valence-electron chi connectivity index (χ2n) is 20.4. The number of hydrogen-bond acceptors (Lipinski definition) is 0. The summed E-state index contributed by atoms with van der Waals surface area (Å²) < 4.78 is 0. The molecule has 1 heteroatoms. The Labute approximate surface area is 382 Å². The third-order valence-electron chi connectivity index (χ3n) is 16.5. The molecule has 4 aliphatic rings. The van der Waals surface area contributed by atoms with Crippen LogP contribution in [-0.4, -0.2) is 8.07 Å². The van der Waals surface area contributed by atoms with Crippen LogP contribution < -0.4 is 10.4 Å². The summed E-state index contributed by atoms with van der Waals surface area (Å²) in [6.07, 6.45) is 0. The molecule has 0 bridgehead atoms. The van der Waals surface area contributed by atoms with Crippen molar-refractivity contribution in [1.29, 1.82) is 0 Å². The van der Waals surface area contributed by atoms with E-state index in [0.717, 1.165) is 0 Å². The second-order valence-corrected chi connectivity index (χ2v) is 24.4. The molecule has 0 saturated heterocycles. The highest BCUT2D eigenvalue weighted by Gasteiger charge is 2.49. The fourth-order valence-corrected chi connectivity index (χ4v) is 18.8. The molecule has 0 fully saturated rings. The van der Waals surface area contributed by atoms with Gasteiger partial charge in [0.15, 0.2) is 0 Å². The third kappa shape index (κ3) is 4.97. The number of benzene rings is 10. The van der Waals surface area contributed by atoms with E-state index in [9.17, 15) is 0 Å². The lowest BCUT2D eigenvalue weighted by Gasteiger charge is -2.24. The molecule has 10 aromatic rings. The summed E-state index contributed by atoms with van der Waals surface area (Å²) in [5.74, 6) is 0. The van der Waals surface area contributed by atoms with Crippen molar-refractivity contribution in [1.82, 2.24) is 0 Å². The van der Waals surface area contributed by atoms with Crippen LogP contribution >= 0.6 is 0 Å². The van der Waals surface area contributed by atoms with Crippen LogP contribution in [-0.2, 0) is 22.9 Å². The molecule has 0 amide bonds. The Morgan fingerprint density at radius 3 is 1.49 bits per heavy atom. The first-order chi connectivity index (χ1) is 31.7. The van der Waals surface area contributed by atoms with Gasteiger partial charge in [-0.25, -0.2) is 0 Å². The average Bonchev–Trinajstić information content (AvgIpc) is 4.01. The van der Waals surface area contributed by atoms with E-state index in [1.807, 2.05) is 0 Å². The zero-order chi connectivity index (χ0) is 43.4. The molecule has 0 nitrogen and oxygen atoms in total. The Morgan fingerprint density at radius 1 is 0.308 bits per heavy atom. The number of fused-ring (bicyclic) bond motifs is 14. The maximum absolute atomic E-state index is 2.57. The molecule has 1 spiro atoms. The third-order valence-corrected chi connectivity index (χ3v) is 21.4. The van der Waals surface area contributed by atoms with Crippen LogP contribution in [0, 0.1) is 0 Å². The highest BCUT2D eigenvalue weighted by atomic mass is 28.3. The maximum atomic E-state index is 2.57. The van der Waals surface area contributed by atoms with Crippen molar-refractivity contribution in [2.75, 3.05) is 0 Å². The summed E-state index contributed by atoms with van der Waals surface area (Å²) >= 11 is 0. The van der Waals surface area contributed by atoms with Crippen LogP contribution in [0.3, 0.4) is 0 Å². The van der Waals surface area contributed by atoms with Crippen LogP contribution in [0.5, 0.6) is 0 Å². The smallest absolute Gasteiger partial charge is 0.0623 e. The van der Waals surface area contributed by atoms with Crippen LogP contribution in [0.1, 0.15) is 61.1 Å². The Morgan fingerprint density at radius 2 is 0.769 bits per heavy atom. The molecular formula is C64H48Si. The summed E-state index contributed by atoms with van der Waals surface area (Å²) in [6, 6.07) is 77.7. The van der Waals surface area contributed by atoms with E-state index in [0.29, 0.717) is 0 Å². The summed E-state index contributed by atoms with van der Waals surface area (Å²) in [4.78, 5) is 0. The maximum Gasteiger partial charge on any atom is 0.128 e. The first-order valence-corrected chi connectivity index (χ1v) is 25.9. The van der Waals surface area contributed by atoms with Gasteiger partial charge in [-0.2, -0.15) is 0 Å². The Bertz CT molecular complexity index is 3700. The van der Waals surface area contributed by atoms with Gasteiger partial charge in [0.2, 0.25) is 0 Å². The van der Waals surface area contributed by atoms with Gasteiger partial charge in [0.05, 0.1) is 0 Å². The minimum absolute atomic E-state index is 0.0540. The van der Waals surface area contributed by atoms with E-state index < -0.39 is 8.07 Å². The van der Waals surface area contributed by atoms with E-state index in [-0.39, 0.29) is 10.8 Å². The van der Waals surface area contributed by atoms with Crippen molar-refractivity contribution in [2.24, 2.45) is 0 Å². The molecule has 0 N–H and O–H groups in total. The van der Waals surface area contributed by atoms with Gasteiger partial charge in [-0.15, -0.1) is 0 Å². The standard InChI is InChI=1S/C64H48Si/c1-63(2)56-23-13-10-18-46(56)52-34-41(27-31-57(52)63)62-50-21-8-7-20-49(50)61(42-28-32-60-53(35-42)48-19-11-14-24-59(48)65(60)37-43-15-5-6-16-44(43)38-65)51-30-26-39(33-54(51)62)40-25-29-47-45-17-9-12-22-55(45)64(3,4)58(47)36-40/h5-36H,37-38H2,1-4H3. The fourth-order valence-electron chi connectivity index (χ4n) is 13.4. The molecule has 2 heterocycles. The van der Waals surface area contributed by atoms with Crippen molar-refractivity contribution in [3.8, 4) is 66.8 Å². The SMILES string of the molecule is CC1(C)c2ccccc2-c2cc(-c3c4ccccc4c(-c4ccc5c(c4)-c4ccccc4[Si]54Cc5ccccc5C4)c4ccc(-c5ccc6c(c5)C(C)(C)c5ccccc5-6)cc34)ccc21. The predicted octanol–water partition coefficient (Wildman–Crippen LogP) is 15.0. The quantitative estimate of drug-likeness (QED) is 0.123. The minimum atomic E-state index is -2.03. The molecule has 0 aromatic heterocycles. The largest absolute Gasteiger partial charge is 0.128 e. The highest BCUT2D eigenvalue weighted by molar-refractivity contribution is 7.05. The van der Waals surface area contributed by atoms with Crippen LogP contribution in [0.2, 0.25) is 0 Å². The van der Waals surface area contributed by atoms with Gasteiger partial charge < -0.3 is 0 Å². The van der Waals surface area contributed by atoms with Crippen molar-refractivity contribution < 1.29 is 0 Å². The van der Waals surface area contributed by atoms with E-state index in [1.165, 1.54) is 123 Å². The van der Waals surface area contributed by atoms with Crippen molar-refractivity contribution in [2.45, 2.75) is 50.6 Å².